The summed E-state index contributed by atoms with van der Waals surface area (Å²) in [6, 6.07) is 14.7. The molecule has 0 fully saturated rings. The Labute approximate surface area is 202 Å². The van der Waals surface area contributed by atoms with Gasteiger partial charge < -0.3 is 20.5 Å². The summed E-state index contributed by atoms with van der Waals surface area (Å²) in [6.45, 7) is 2.33. The van der Waals surface area contributed by atoms with Crippen molar-refractivity contribution in [2.75, 3.05) is 13.2 Å². The van der Waals surface area contributed by atoms with Crippen molar-refractivity contribution < 1.29 is 24.2 Å². The first-order valence-electron chi connectivity index (χ1n) is 11.5. The molecule has 0 bridgehead atoms. The molecule has 1 aliphatic rings. The molecular formula is C26H28N4O5. The number of carboxylic acid groups (broad SMARTS) is 1. The summed E-state index contributed by atoms with van der Waals surface area (Å²) in [5.41, 5.74) is 6.36. The molecular weight excluding hydrogens is 448 g/mol. The van der Waals surface area contributed by atoms with Crippen LogP contribution in [0.1, 0.15) is 41.1 Å². The molecule has 0 saturated heterocycles. The van der Waals surface area contributed by atoms with Crippen LogP contribution in [0.2, 0.25) is 0 Å². The number of amides is 2. The van der Waals surface area contributed by atoms with E-state index < -0.39 is 30.4 Å². The van der Waals surface area contributed by atoms with Gasteiger partial charge in [-0.05, 0) is 47.6 Å². The Hall–Kier alpha value is -4.14. The van der Waals surface area contributed by atoms with E-state index in [4.69, 9.17) is 4.74 Å². The lowest BCUT2D eigenvalue weighted by Crippen LogP contribution is -2.48. The molecule has 0 aliphatic heterocycles. The molecule has 1 aliphatic carbocycles. The highest BCUT2D eigenvalue weighted by Gasteiger charge is 2.30. The van der Waals surface area contributed by atoms with E-state index in [-0.39, 0.29) is 12.5 Å². The summed E-state index contributed by atoms with van der Waals surface area (Å²) in [7, 11) is 0. The van der Waals surface area contributed by atoms with Crippen LogP contribution in [0, 0.1) is 6.92 Å². The van der Waals surface area contributed by atoms with Crippen molar-refractivity contribution in [2.45, 2.75) is 38.1 Å². The number of ether oxygens (including phenoxy) is 1. The largest absolute Gasteiger partial charge is 0.481 e. The van der Waals surface area contributed by atoms with Crippen LogP contribution < -0.4 is 10.6 Å². The molecule has 1 heterocycles. The summed E-state index contributed by atoms with van der Waals surface area (Å²) in [4.78, 5) is 36.4. The number of aromatic amines is 1. The van der Waals surface area contributed by atoms with Gasteiger partial charge in [-0.3, -0.25) is 14.7 Å². The highest BCUT2D eigenvalue weighted by molar-refractivity contribution is 5.89. The predicted octanol–water partition coefficient (Wildman–Crippen LogP) is 3.15. The number of H-pyrrole nitrogens is 1. The van der Waals surface area contributed by atoms with Crippen LogP contribution in [0.4, 0.5) is 4.79 Å². The monoisotopic (exact) mass is 476 g/mol. The highest BCUT2D eigenvalue weighted by atomic mass is 16.5. The number of nitrogens with one attached hydrogen (secondary N) is 3. The number of alkyl carbamates (subject to hydrolysis) is 1. The molecule has 4 rings (SSSR count). The van der Waals surface area contributed by atoms with Gasteiger partial charge in [0.1, 0.15) is 12.6 Å². The zero-order valence-corrected chi connectivity index (χ0v) is 19.4. The first-order valence-corrected chi connectivity index (χ1v) is 11.5. The average Bonchev–Trinajstić information content (AvgIpc) is 3.40. The molecule has 1 atom stereocenters. The van der Waals surface area contributed by atoms with E-state index in [1.54, 1.807) is 6.20 Å². The fourth-order valence-corrected chi connectivity index (χ4v) is 4.41. The van der Waals surface area contributed by atoms with Crippen LogP contribution in [-0.4, -0.2) is 52.5 Å². The van der Waals surface area contributed by atoms with Gasteiger partial charge in [0.15, 0.2) is 0 Å². The summed E-state index contributed by atoms with van der Waals surface area (Å²) in [5, 5.41) is 21.1. The highest BCUT2D eigenvalue weighted by Crippen LogP contribution is 2.44. The van der Waals surface area contributed by atoms with E-state index in [2.05, 4.69) is 20.8 Å². The van der Waals surface area contributed by atoms with Gasteiger partial charge in [0.05, 0.1) is 12.6 Å². The molecule has 182 valence electrons. The molecule has 0 radical (unpaired) electrons. The number of rotatable bonds is 10. The Kier molecular flexibility index (Phi) is 7.45. The third-order valence-corrected chi connectivity index (χ3v) is 6.19. The predicted molar refractivity (Wildman–Crippen MR) is 129 cm³/mol. The first-order chi connectivity index (χ1) is 16.9. The number of aromatic nitrogens is 2. The molecule has 9 heteroatoms. The standard InChI is InChI=1S/C26H28N4O5/c1-16-17(14-28-30-16)7-6-12-27-25(33)23(13-24(31)32)29-26(34)35-15-22-20-10-4-2-8-18(20)19-9-3-5-11-21(19)22/h2-5,8-11,14,22-23H,6-7,12-13,15H2,1H3,(H,27,33)(H,28,30)(H,29,34)(H,31,32). The van der Waals surface area contributed by atoms with E-state index in [1.165, 1.54) is 0 Å². The number of benzene rings is 2. The maximum Gasteiger partial charge on any atom is 0.407 e. The van der Waals surface area contributed by atoms with Gasteiger partial charge in [-0.15, -0.1) is 0 Å². The Balaban J connectivity index is 1.32. The minimum atomic E-state index is -1.24. The zero-order valence-electron chi connectivity index (χ0n) is 19.4. The van der Waals surface area contributed by atoms with Gasteiger partial charge in [-0.2, -0.15) is 5.10 Å². The Morgan fingerprint density at radius 3 is 2.34 bits per heavy atom. The third kappa shape index (κ3) is 5.68. The van der Waals surface area contributed by atoms with Gasteiger partial charge in [0.25, 0.3) is 0 Å². The van der Waals surface area contributed by atoms with E-state index >= 15 is 0 Å². The van der Waals surface area contributed by atoms with Gasteiger partial charge >= 0.3 is 12.1 Å². The number of carbonyl (C=O) groups excluding carboxylic acids is 2. The molecule has 4 N–H and O–H groups in total. The van der Waals surface area contributed by atoms with Gasteiger partial charge in [0.2, 0.25) is 5.91 Å². The van der Waals surface area contributed by atoms with Gasteiger partial charge in [0, 0.05) is 18.2 Å². The average molecular weight is 477 g/mol. The number of carboxylic acids is 1. The lowest BCUT2D eigenvalue weighted by Gasteiger charge is -2.18. The van der Waals surface area contributed by atoms with E-state index in [1.807, 2.05) is 55.5 Å². The Morgan fingerprint density at radius 1 is 1.09 bits per heavy atom. The third-order valence-electron chi connectivity index (χ3n) is 6.19. The molecule has 9 nitrogen and oxygen atoms in total. The normalized spacial score (nSPS) is 12.9. The van der Waals surface area contributed by atoms with Crippen LogP contribution in [0.5, 0.6) is 0 Å². The number of aryl methyl sites for hydroxylation is 2. The van der Waals surface area contributed by atoms with Crippen LogP contribution >= 0.6 is 0 Å². The molecule has 2 amide bonds. The maximum atomic E-state index is 12.6. The Bertz CT molecular complexity index is 1180. The molecule has 2 aromatic carbocycles. The van der Waals surface area contributed by atoms with Crippen LogP contribution in [0.15, 0.2) is 54.7 Å². The van der Waals surface area contributed by atoms with Crippen LogP contribution in [0.25, 0.3) is 11.1 Å². The van der Waals surface area contributed by atoms with Crippen molar-refractivity contribution in [3.05, 3.63) is 77.1 Å². The van der Waals surface area contributed by atoms with Crippen LogP contribution in [-0.2, 0) is 20.7 Å². The summed E-state index contributed by atoms with van der Waals surface area (Å²) in [5.74, 6) is -1.89. The second-order valence-electron chi connectivity index (χ2n) is 8.54. The lowest BCUT2D eigenvalue weighted by molar-refractivity contribution is -0.139. The minimum Gasteiger partial charge on any atom is -0.481 e. The smallest absolute Gasteiger partial charge is 0.407 e. The van der Waals surface area contributed by atoms with Gasteiger partial charge in [-0.1, -0.05) is 48.5 Å². The molecule has 0 saturated carbocycles. The molecule has 0 spiro atoms. The minimum absolute atomic E-state index is 0.0747. The van der Waals surface area contributed by atoms with Gasteiger partial charge in [-0.25, -0.2) is 4.79 Å². The number of hydrogen-bond acceptors (Lipinski definition) is 5. The van der Waals surface area contributed by atoms with Crippen molar-refractivity contribution in [3.63, 3.8) is 0 Å². The summed E-state index contributed by atoms with van der Waals surface area (Å²) in [6.07, 6.45) is 1.73. The van der Waals surface area contributed by atoms with Crippen molar-refractivity contribution in [3.8, 4) is 11.1 Å². The number of fused-ring (bicyclic) bond motifs is 3. The second-order valence-corrected chi connectivity index (χ2v) is 8.54. The van der Waals surface area contributed by atoms with Crippen molar-refractivity contribution in [1.82, 2.24) is 20.8 Å². The van der Waals surface area contributed by atoms with Crippen molar-refractivity contribution >= 4 is 18.0 Å². The van der Waals surface area contributed by atoms with Crippen molar-refractivity contribution in [2.24, 2.45) is 0 Å². The van der Waals surface area contributed by atoms with E-state index in [0.29, 0.717) is 19.4 Å². The van der Waals surface area contributed by atoms with Crippen LogP contribution in [0.3, 0.4) is 0 Å². The topological polar surface area (TPSA) is 133 Å². The lowest BCUT2D eigenvalue weighted by atomic mass is 9.98. The molecule has 1 unspecified atom stereocenters. The zero-order chi connectivity index (χ0) is 24.8. The van der Waals surface area contributed by atoms with E-state index in [9.17, 15) is 19.5 Å². The summed E-state index contributed by atoms with van der Waals surface area (Å²) < 4.78 is 5.46. The molecule has 35 heavy (non-hydrogen) atoms. The van der Waals surface area contributed by atoms with E-state index in [0.717, 1.165) is 33.5 Å². The fourth-order valence-electron chi connectivity index (χ4n) is 4.41. The summed E-state index contributed by atoms with van der Waals surface area (Å²) >= 11 is 0. The SMILES string of the molecule is Cc1[nH]ncc1CCCNC(=O)C(CC(=O)O)NC(=O)OCC1c2ccccc2-c2ccccc21. The number of nitrogens with zero attached hydrogens (tertiary/aromatic N) is 1. The second kappa shape index (κ2) is 10.9. The van der Waals surface area contributed by atoms with Crippen molar-refractivity contribution in [1.29, 1.82) is 0 Å². The quantitative estimate of drug-likeness (QED) is 0.332. The maximum absolute atomic E-state index is 12.6. The Morgan fingerprint density at radius 2 is 1.74 bits per heavy atom. The molecule has 3 aromatic rings. The number of aliphatic carboxylic acids is 1. The molecule has 1 aromatic heterocycles. The fraction of sp³-hybridized carbons (Fsp3) is 0.308. The number of carbonyl (C=O) groups is 3. The number of hydrogen-bond donors (Lipinski definition) is 4. The first kappa shape index (κ1) is 24.0.